The number of aromatic carboxylic acids is 1. The molecule has 0 radical (unpaired) electrons. The van der Waals surface area contributed by atoms with Crippen molar-refractivity contribution < 1.29 is 19.4 Å². The first-order valence-corrected chi connectivity index (χ1v) is 8.09. The van der Waals surface area contributed by atoms with Gasteiger partial charge in [-0.1, -0.05) is 13.8 Å². The molecule has 2 heterocycles. The summed E-state index contributed by atoms with van der Waals surface area (Å²) in [6, 6.07) is 1.72. The van der Waals surface area contributed by atoms with Crippen LogP contribution in [0.4, 0.5) is 0 Å². The minimum Gasteiger partial charge on any atom is -0.482 e. The van der Waals surface area contributed by atoms with Gasteiger partial charge in [0.1, 0.15) is 5.75 Å². The van der Waals surface area contributed by atoms with Crippen molar-refractivity contribution in [2.45, 2.75) is 33.1 Å². The average Bonchev–Trinajstić information content (AvgIpc) is 2.88. The van der Waals surface area contributed by atoms with E-state index in [9.17, 15) is 9.59 Å². The van der Waals surface area contributed by atoms with Gasteiger partial charge in [0.15, 0.2) is 11.5 Å². The number of ether oxygens (including phenoxy) is 1. The number of carbonyl (C=O) groups excluding carboxylic acids is 1. The zero-order chi connectivity index (χ0) is 15.4. The first-order valence-electron chi connectivity index (χ1n) is 7.27. The van der Waals surface area contributed by atoms with Gasteiger partial charge in [0.05, 0.1) is 0 Å². The second-order valence-corrected chi connectivity index (χ2v) is 6.58. The average molecular weight is 311 g/mol. The maximum Gasteiger partial charge on any atom is 0.349 e. The highest BCUT2D eigenvalue weighted by Crippen LogP contribution is 2.30. The van der Waals surface area contributed by atoms with E-state index in [1.807, 2.05) is 11.8 Å². The van der Waals surface area contributed by atoms with Crippen molar-refractivity contribution in [3.05, 3.63) is 15.8 Å². The van der Waals surface area contributed by atoms with Crippen molar-refractivity contribution >= 4 is 23.2 Å². The van der Waals surface area contributed by atoms with Crippen LogP contribution in [0.2, 0.25) is 0 Å². The molecule has 1 N–H and O–H groups in total. The Morgan fingerprint density at radius 3 is 2.90 bits per heavy atom. The van der Waals surface area contributed by atoms with Gasteiger partial charge in [-0.25, -0.2) is 4.79 Å². The van der Waals surface area contributed by atoms with E-state index in [0.717, 1.165) is 37.2 Å². The van der Waals surface area contributed by atoms with Crippen molar-refractivity contribution in [3.63, 3.8) is 0 Å². The first-order chi connectivity index (χ1) is 10.0. The molecule has 1 aromatic heterocycles. The highest BCUT2D eigenvalue weighted by Gasteiger charge is 2.22. The first kappa shape index (κ1) is 15.8. The van der Waals surface area contributed by atoms with Crippen LogP contribution in [0.3, 0.4) is 0 Å². The molecule has 0 aliphatic carbocycles. The molecule has 1 aliphatic rings. The van der Waals surface area contributed by atoms with Crippen LogP contribution in [0.5, 0.6) is 5.75 Å². The van der Waals surface area contributed by atoms with Crippen LogP contribution in [-0.2, 0) is 11.2 Å². The van der Waals surface area contributed by atoms with E-state index in [-0.39, 0.29) is 17.4 Å². The lowest BCUT2D eigenvalue weighted by Crippen LogP contribution is -2.41. The number of piperidine rings is 1. The fraction of sp³-hybridized carbons (Fsp3) is 0.600. The molecule has 1 amide bonds. The predicted molar refractivity (Wildman–Crippen MR) is 81.1 cm³/mol. The van der Waals surface area contributed by atoms with Gasteiger partial charge >= 0.3 is 5.97 Å². The summed E-state index contributed by atoms with van der Waals surface area (Å²) < 4.78 is 5.47. The summed E-state index contributed by atoms with van der Waals surface area (Å²) in [5, 5.41) is 9.16. The number of carbonyl (C=O) groups is 2. The number of rotatable bonds is 5. The topological polar surface area (TPSA) is 66.8 Å². The van der Waals surface area contributed by atoms with Gasteiger partial charge in [-0.3, -0.25) is 4.79 Å². The van der Waals surface area contributed by atoms with Crippen molar-refractivity contribution in [1.29, 1.82) is 0 Å². The van der Waals surface area contributed by atoms with Gasteiger partial charge in [-0.05, 0) is 31.2 Å². The summed E-state index contributed by atoms with van der Waals surface area (Å²) in [7, 11) is 0. The maximum atomic E-state index is 12.1. The lowest BCUT2D eigenvalue weighted by Gasteiger charge is -2.30. The van der Waals surface area contributed by atoms with Crippen molar-refractivity contribution in [2.75, 3.05) is 19.7 Å². The number of carboxylic acid groups (broad SMARTS) is 1. The van der Waals surface area contributed by atoms with Crippen LogP contribution in [-0.4, -0.2) is 41.6 Å². The second-order valence-electron chi connectivity index (χ2n) is 5.44. The van der Waals surface area contributed by atoms with Crippen LogP contribution >= 0.6 is 11.3 Å². The zero-order valence-corrected chi connectivity index (χ0v) is 13.2. The number of aryl methyl sites for hydroxylation is 1. The molecule has 1 fully saturated rings. The number of likely N-dealkylation sites (tertiary alicyclic amines) is 1. The molecule has 21 heavy (non-hydrogen) atoms. The van der Waals surface area contributed by atoms with Crippen LogP contribution in [0.15, 0.2) is 6.07 Å². The molecular formula is C15H21NO4S. The Morgan fingerprint density at radius 1 is 1.52 bits per heavy atom. The van der Waals surface area contributed by atoms with Gasteiger partial charge in [0.2, 0.25) is 0 Å². The molecule has 1 atom stereocenters. The zero-order valence-electron chi connectivity index (χ0n) is 12.4. The van der Waals surface area contributed by atoms with Gasteiger partial charge in [-0.15, -0.1) is 11.3 Å². The van der Waals surface area contributed by atoms with Crippen molar-refractivity contribution in [3.8, 4) is 5.75 Å². The molecule has 1 unspecified atom stereocenters. The quantitative estimate of drug-likeness (QED) is 0.908. The van der Waals surface area contributed by atoms with Gasteiger partial charge in [-0.2, -0.15) is 0 Å². The highest BCUT2D eigenvalue weighted by molar-refractivity contribution is 7.14. The predicted octanol–water partition coefficient (Wildman–Crippen LogP) is 2.65. The van der Waals surface area contributed by atoms with E-state index in [2.05, 4.69) is 6.92 Å². The largest absolute Gasteiger partial charge is 0.482 e. The Kier molecular flexibility index (Phi) is 5.22. The normalized spacial score (nSPS) is 18.6. The Morgan fingerprint density at radius 2 is 2.29 bits per heavy atom. The Labute approximate surface area is 128 Å². The molecule has 1 aromatic rings. The standard InChI is InChI=1S/C15H21NO4S/c1-3-11-7-12(14(21-11)15(18)19)20-9-13(17)16-6-4-5-10(2)8-16/h7,10H,3-6,8-9H2,1-2H3,(H,18,19). The minimum atomic E-state index is -1.01. The molecule has 0 bridgehead atoms. The second kappa shape index (κ2) is 6.93. The maximum absolute atomic E-state index is 12.1. The Balaban J connectivity index is 1.97. The summed E-state index contributed by atoms with van der Waals surface area (Å²) >= 11 is 1.21. The van der Waals surface area contributed by atoms with Gasteiger partial charge in [0.25, 0.3) is 5.91 Å². The molecule has 5 nitrogen and oxygen atoms in total. The van der Waals surface area contributed by atoms with Crippen LogP contribution in [0.25, 0.3) is 0 Å². The van der Waals surface area contributed by atoms with E-state index < -0.39 is 5.97 Å². The molecule has 0 saturated carbocycles. The summed E-state index contributed by atoms with van der Waals surface area (Å²) in [6.07, 6.45) is 2.93. The fourth-order valence-electron chi connectivity index (χ4n) is 2.50. The molecule has 6 heteroatoms. The molecule has 1 saturated heterocycles. The smallest absolute Gasteiger partial charge is 0.349 e. The van der Waals surface area contributed by atoms with Crippen molar-refractivity contribution in [2.24, 2.45) is 5.92 Å². The number of hydrogen-bond acceptors (Lipinski definition) is 4. The summed E-state index contributed by atoms with van der Waals surface area (Å²) in [6.45, 7) is 5.53. The molecule has 2 rings (SSSR count). The summed E-state index contributed by atoms with van der Waals surface area (Å²) in [4.78, 5) is 26.2. The van der Waals surface area contributed by atoms with E-state index >= 15 is 0 Å². The van der Waals surface area contributed by atoms with E-state index in [4.69, 9.17) is 9.84 Å². The van der Waals surface area contributed by atoms with Gasteiger partial charge in [0, 0.05) is 18.0 Å². The number of nitrogens with zero attached hydrogens (tertiary/aromatic N) is 1. The van der Waals surface area contributed by atoms with Crippen LogP contribution in [0.1, 0.15) is 41.2 Å². The number of thiophene rings is 1. The summed E-state index contributed by atoms with van der Waals surface area (Å²) in [5.74, 6) is -0.247. The molecule has 1 aliphatic heterocycles. The van der Waals surface area contributed by atoms with E-state index in [1.165, 1.54) is 11.3 Å². The SMILES string of the molecule is CCc1cc(OCC(=O)N2CCCC(C)C2)c(C(=O)O)s1. The monoisotopic (exact) mass is 311 g/mol. The van der Waals surface area contributed by atoms with E-state index in [0.29, 0.717) is 11.7 Å². The molecule has 0 aromatic carbocycles. The summed E-state index contributed by atoms with van der Waals surface area (Å²) in [5.41, 5.74) is 0. The lowest BCUT2D eigenvalue weighted by atomic mass is 10.0. The lowest BCUT2D eigenvalue weighted by molar-refractivity contribution is -0.135. The fourth-order valence-corrected chi connectivity index (χ4v) is 3.38. The van der Waals surface area contributed by atoms with E-state index in [1.54, 1.807) is 6.07 Å². The van der Waals surface area contributed by atoms with Crippen molar-refractivity contribution in [1.82, 2.24) is 4.90 Å². The third kappa shape index (κ3) is 3.97. The van der Waals surface area contributed by atoms with Gasteiger partial charge < -0.3 is 14.7 Å². The molecule has 0 spiro atoms. The Bertz CT molecular complexity index is 526. The highest BCUT2D eigenvalue weighted by atomic mass is 32.1. The van der Waals surface area contributed by atoms with Crippen LogP contribution < -0.4 is 4.74 Å². The molecule has 116 valence electrons. The number of amides is 1. The number of carboxylic acids is 1. The third-order valence-electron chi connectivity index (χ3n) is 3.65. The third-order valence-corrected chi connectivity index (χ3v) is 4.90. The number of hydrogen-bond donors (Lipinski definition) is 1. The minimum absolute atomic E-state index is 0.0675. The molecular weight excluding hydrogens is 290 g/mol. The Hall–Kier alpha value is -1.56. The van der Waals surface area contributed by atoms with Crippen LogP contribution in [0, 0.1) is 5.92 Å².